The summed E-state index contributed by atoms with van der Waals surface area (Å²) in [5.74, 6) is 0. The molecule has 1 unspecified atom stereocenters. The molecule has 1 fully saturated rings. The molecule has 0 saturated heterocycles. The van der Waals surface area contributed by atoms with Gasteiger partial charge in [-0.15, -0.1) is 0 Å². The van der Waals surface area contributed by atoms with Crippen LogP contribution in [0.5, 0.6) is 0 Å². The van der Waals surface area contributed by atoms with Gasteiger partial charge in [0.2, 0.25) is 0 Å². The Morgan fingerprint density at radius 1 is 1.25 bits per heavy atom. The van der Waals surface area contributed by atoms with Crippen molar-refractivity contribution in [3.8, 4) is 0 Å². The molecule has 1 atom stereocenters. The van der Waals surface area contributed by atoms with Gasteiger partial charge >= 0.3 is 0 Å². The van der Waals surface area contributed by atoms with Crippen molar-refractivity contribution in [3.05, 3.63) is 29.2 Å². The second-order valence-corrected chi connectivity index (χ2v) is 6.08. The number of nitrogens with one attached hydrogen (secondary N) is 1. The molecule has 0 aliphatic heterocycles. The van der Waals surface area contributed by atoms with E-state index in [0.29, 0.717) is 12.1 Å². The van der Waals surface area contributed by atoms with Crippen LogP contribution in [0.1, 0.15) is 62.0 Å². The van der Waals surface area contributed by atoms with E-state index in [1.165, 1.54) is 43.4 Å². The first-order valence-electron chi connectivity index (χ1n) is 7.73. The minimum absolute atomic E-state index is 0.333. The van der Waals surface area contributed by atoms with Crippen LogP contribution in [-0.2, 0) is 0 Å². The van der Waals surface area contributed by atoms with Crippen LogP contribution in [0.2, 0.25) is 0 Å². The summed E-state index contributed by atoms with van der Waals surface area (Å²) in [6.45, 7) is 6.38. The molecule has 20 heavy (non-hydrogen) atoms. The van der Waals surface area contributed by atoms with Gasteiger partial charge in [0.15, 0.2) is 5.65 Å². The molecule has 0 bridgehead atoms. The van der Waals surface area contributed by atoms with Gasteiger partial charge in [0.25, 0.3) is 0 Å². The molecular formula is C16H24N4. The molecule has 3 rings (SSSR count). The van der Waals surface area contributed by atoms with Gasteiger partial charge in [-0.05, 0) is 33.6 Å². The summed E-state index contributed by atoms with van der Waals surface area (Å²) in [4.78, 5) is 4.54. The van der Waals surface area contributed by atoms with Crippen LogP contribution in [0.25, 0.3) is 5.65 Å². The molecule has 1 aliphatic carbocycles. The van der Waals surface area contributed by atoms with E-state index < -0.39 is 0 Å². The number of rotatable bonds is 3. The molecule has 1 N–H and O–H groups in total. The molecule has 1 saturated carbocycles. The third kappa shape index (κ3) is 2.57. The molecule has 1 aliphatic rings. The lowest BCUT2D eigenvalue weighted by molar-refractivity contribution is 0.345. The van der Waals surface area contributed by atoms with Crippen molar-refractivity contribution in [2.45, 2.75) is 65.0 Å². The Labute approximate surface area is 120 Å². The van der Waals surface area contributed by atoms with Crippen molar-refractivity contribution in [1.82, 2.24) is 19.9 Å². The average Bonchev–Trinajstić information content (AvgIpc) is 2.82. The van der Waals surface area contributed by atoms with Crippen LogP contribution in [0.15, 0.2) is 12.3 Å². The fourth-order valence-electron chi connectivity index (χ4n) is 3.31. The van der Waals surface area contributed by atoms with Gasteiger partial charge in [-0.25, -0.2) is 9.50 Å². The zero-order valence-electron chi connectivity index (χ0n) is 12.7. The summed E-state index contributed by atoms with van der Waals surface area (Å²) in [5.41, 5.74) is 4.41. The summed E-state index contributed by atoms with van der Waals surface area (Å²) >= 11 is 0. The van der Waals surface area contributed by atoms with Crippen LogP contribution in [0, 0.1) is 13.8 Å². The van der Waals surface area contributed by atoms with Gasteiger partial charge in [-0.1, -0.05) is 19.3 Å². The maximum Gasteiger partial charge on any atom is 0.155 e. The van der Waals surface area contributed by atoms with E-state index in [4.69, 9.17) is 0 Å². The lowest BCUT2D eigenvalue weighted by Crippen LogP contribution is -2.33. The molecule has 0 spiro atoms. The van der Waals surface area contributed by atoms with E-state index in [1.807, 2.05) is 23.7 Å². The Balaban J connectivity index is 1.83. The molecule has 0 amide bonds. The first-order chi connectivity index (χ1) is 9.65. The van der Waals surface area contributed by atoms with E-state index >= 15 is 0 Å². The fraction of sp³-hybridized carbons (Fsp3) is 0.625. The van der Waals surface area contributed by atoms with Crippen molar-refractivity contribution in [1.29, 1.82) is 0 Å². The Bertz CT molecular complexity index is 596. The highest BCUT2D eigenvalue weighted by Crippen LogP contribution is 2.23. The minimum Gasteiger partial charge on any atom is -0.307 e. The SMILES string of the molecule is Cc1cc2ncc(C(C)NC3CCCCC3)c(C)n2n1. The molecule has 0 aromatic carbocycles. The topological polar surface area (TPSA) is 42.2 Å². The highest BCUT2D eigenvalue weighted by molar-refractivity contribution is 5.42. The first-order valence-corrected chi connectivity index (χ1v) is 7.73. The van der Waals surface area contributed by atoms with Gasteiger partial charge in [0, 0.05) is 35.6 Å². The third-order valence-corrected chi connectivity index (χ3v) is 4.44. The summed E-state index contributed by atoms with van der Waals surface area (Å²) < 4.78 is 1.96. The maximum atomic E-state index is 4.54. The van der Waals surface area contributed by atoms with Gasteiger partial charge in [0.05, 0.1) is 5.69 Å². The molecule has 4 heteroatoms. The minimum atomic E-state index is 0.333. The van der Waals surface area contributed by atoms with Crippen LogP contribution in [0.3, 0.4) is 0 Å². The van der Waals surface area contributed by atoms with Crippen LogP contribution >= 0.6 is 0 Å². The summed E-state index contributed by atoms with van der Waals surface area (Å²) in [7, 11) is 0. The van der Waals surface area contributed by atoms with E-state index in [0.717, 1.165) is 11.3 Å². The number of hydrogen-bond acceptors (Lipinski definition) is 3. The van der Waals surface area contributed by atoms with Gasteiger partial charge in [0.1, 0.15) is 0 Å². The highest BCUT2D eigenvalue weighted by atomic mass is 15.3. The maximum absolute atomic E-state index is 4.54. The van der Waals surface area contributed by atoms with Crippen molar-refractivity contribution < 1.29 is 0 Å². The Morgan fingerprint density at radius 3 is 2.75 bits per heavy atom. The average molecular weight is 272 g/mol. The first kappa shape index (κ1) is 13.6. The zero-order valence-corrected chi connectivity index (χ0v) is 12.7. The predicted octanol–water partition coefficient (Wildman–Crippen LogP) is 3.33. The van der Waals surface area contributed by atoms with E-state index in [1.54, 1.807) is 0 Å². The van der Waals surface area contributed by atoms with Crippen molar-refractivity contribution >= 4 is 5.65 Å². The Kier molecular flexibility index (Phi) is 3.74. The van der Waals surface area contributed by atoms with Gasteiger partial charge in [-0.2, -0.15) is 5.10 Å². The molecular weight excluding hydrogens is 248 g/mol. The number of nitrogens with zero attached hydrogens (tertiary/aromatic N) is 3. The van der Waals surface area contributed by atoms with Gasteiger partial charge < -0.3 is 5.32 Å². The molecule has 4 nitrogen and oxygen atoms in total. The van der Waals surface area contributed by atoms with E-state index in [9.17, 15) is 0 Å². The number of aryl methyl sites for hydroxylation is 2. The van der Waals surface area contributed by atoms with Crippen LogP contribution in [0.4, 0.5) is 0 Å². The van der Waals surface area contributed by atoms with E-state index in [2.05, 4.69) is 29.2 Å². The van der Waals surface area contributed by atoms with Crippen LogP contribution < -0.4 is 5.32 Å². The lowest BCUT2D eigenvalue weighted by Gasteiger charge is -2.27. The highest BCUT2D eigenvalue weighted by Gasteiger charge is 2.18. The Hall–Kier alpha value is -1.42. The molecule has 2 aromatic heterocycles. The second kappa shape index (κ2) is 5.52. The van der Waals surface area contributed by atoms with Crippen LogP contribution in [-0.4, -0.2) is 20.6 Å². The van der Waals surface area contributed by atoms with Crippen molar-refractivity contribution in [2.75, 3.05) is 0 Å². The number of hydrogen-bond donors (Lipinski definition) is 1. The van der Waals surface area contributed by atoms with Gasteiger partial charge in [-0.3, -0.25) is 0 Å². The second-order valence-electron chi connectivity index (χ2n) is 6.08. The molecule has 108 valence electrons. The number of fused-ring (bicyclic) bond motifs is 1. The number of aromatic nitrogens is 3. The largest absolute Gasteiger partial charge is 0.307 e. The molecule has 2 heterocycles. The quantitative estimate of drug-likeness (QED) is 0.932. The van der Waals surface area contributed by atoms with Crippen molar-refractivity contribution in [2.24, 2.45) is 0 Å². The summed E-state index contributed by atoms with van der Waals surface area (Å²) in [6, 6.07) is 3.02. The van der Waals surface area contributed by atoms with E-state index in [-0.39, 0.29) is 0 Å². The monoisotopic (exact) mass is 272 g/mol. The predicted molar refractivity (Wildman–Crippen MR) is 80.9 cm³/mol. The molecule has 2 aromatic rings. The summed E-state index contributed by atoms with van der Waals surface area (Å²) in [5, 5.41) is 8.30. The third-order valence-electron chi connectivity index (χ3n) is 4.44. The molecule has 0 radical (unpaired) electrons. The lowest BCUT2D eigenvalue weighted by atomic mass is 9.94. The Morgan fingerprint density at radius 2 is 2.00 bits per heavy atom. The smallest absolute Gasteiger partial charge is 0.155 e. The summed E-state index contributed by atoms with van der Waals surface area (Å²) in [6.07, 6.45) is 8.73. The van der Waals surface area contributed by atoms with Crippen molar-refractivity contribution in [3.63, 3.8) is 0 Å². The zero-order chi connectivity index (χ0) is 14.1. The normalized spacial score (nSPS) is 18.6. The standard InChI is InChI=1S/C16H24N4/c1-11-9-16-17-10-15(13(3)20(16)19-11)12(2)18-14-7-5-4-6-8-14/h9-10,12,14,18H,4-8H2,1-3H3. The fourth-order valence-corrected chi connectivity index (χ4v) is 3.31.